The molecule has 1 aliphatic heterocycles. The van der Waals surface area contributed by atoms with Crippen molar-refractivity contribution in [2.24, 2.45) is 0 Å². The van der Waals surface area contributed by atoms with Gasteiger partial charge in [0, 0.05) is 0 Å². The molecule has 0 saturated carbocycles. The monoisotopic (exact) mass is 489 g/mol. The van der Waals surface area contributed by atoms with Crippen molar-refractivity contribution in [1.82, 2.24) is 4.90 Å². The molecular weight excluding hydrogens is 458 g/mol. The van der Waals surface area contributed by atoms with Crippen molar-refractivity contribution >= 4 is 12.0 Å². The molecule has 0 spiro atoms. The molecule has 0 aliphatic carbocycles. The summed E-state index contributed by atoms with van der Waals surface area (Å²) >= 11 is 0. The van der Waals surface area contributed by atoms with Crippen LogP contribution in [0.5, 0.6) is 5.75 Å². The summed E-state index contributed by atoms with van der Waals surface area (Å²) in [6.45, 7) is 4.01. The Morgan fingerprint density at radius 2 is 1.67 bits per heavy atom. The minimum absolute atomic E-state index is 0.0901. The first kappa shape index (κ1) is 25.4. The number of ether oxygens (including phenoxy) is 3. The first-order valence-electron chi connectivity index (χ1n) is 12.1. The summed E-state index contributed by atoms with van der Waals surface area (Å²) in [6, 6.07) is 25.7. The van der Waals surface area contributed by atoms with E-state index in [-0.39, 0.29) is 12.7 Å². The van der Waals surface area contributed by atoms with Gasteiger partial charge in [-0.3, -0.25) is 4.79 Å². The highest BCUT2D eigenvalue weighted by atomic mass is 16.6. The molecule has 3 unspecified atom stereocenters. The fourth-order valence-corrected chi connectivity index (χ4v) is 4.17. The van der Waals surface area contributed by atoms with Crippen LogP contribution < -0.4 is 4.74 Å². The first-order valence-corrected chi connectivity index (χ1v) is 12.1. The van der Waals surface area contributed by atoms with E-state index in [2.05, 4.69) is 0 Å². The van der Waals surface area contributed by atoms with E-state index in [0.717, 1.165) is 16.0 Å². The topological polar surface area (TPSA) is 85.3 Å². The molecule has 188 valence electrons. The molecule has 1 fully saturated rings. The number of aliphatic hydroxyl groups is 1. The first-order chi connectivity index (χ1) is 17.4. The molecule has 0 radical (unpaired) electrons. The normalized spacial score (nSPS) is 17.1. The van der Waals surface area contributed by atoms with Crippen LogP contribution in [0.4, 0.5) is 4.79 Å². The number of cyclic esters (lactones) is 1. The van der Waals surface area contributed by atoms with Crippen LogP contribution in [0.3, 0.4) is 0 Å². The fraction of sp³-hybridized carbons (Fsp3) is 0.310. The molecule has 0 bridgehead atoms. The Kier molecular flexibility index (Phi) is 8.36. The van der Waals surface area contributed by atoms with Gasteiger partial charge in [0.1, 0.15) is 25.1 Å². The highest BCUT2D eigenvalue weighted by Gasteiger charge is 2.44. The van der Waals surface area contributed by atoms with Crippen LogP contribution in [0.1, 0.15) is 36.6 Å². The van der Waals surface area contributed by atoms with Gasteiger partial charge in [0.15, 0.2) is 6.10 Å². The van der Waals surface area contributed by atoms with E-state index < -0.39 is 30.3 Å². The highest BCUT2D eigenvalue weighted by Crippen LogP contribution is 2.28. The summed E-state index contributed by atoms with van der Waals surface area (Å²) in [7, 11) is 0. The van der Waals surface area contributed by atoms with Crippen molar-refractivity contribution in [2.75, 3.05) is 6.61 Å². The molecule has 36 heavy (non-hydrogen) atoms. The van der Waals surface area contributed by atoms with Crippen LogP contribution in [0.2, 0.25) is 0 Å². The van der Waals surface area contributed by atoms with Crippen LogP contribution in [-0.2, 0) is 27.3 Å². The van der Waals surface area contributed by atoms with Gasteiger partial charge in [0.05, 0.1) is 12.1 Å². The SMILES string of the molecule is CC(C)OC(C(=O)N1C(=O)OCC1Cc1ccccc1)C(O)c1cccc(OCc2ccccc2)c1. The third-order valence-electron chi connectivity index (χ3n) is 5.91. The van der Waals surface area contributed by atoms with Gasteiger partial charge in [-0.2, -0.15) is 0 Å². The lowest BCUT2D eigenvalue weighted by Crippen LogP contribution is -2.49. The Morgan fingerprint density at radius 1 is 1.00 bits per heavy atom. The fourth-order valence-electron chi connectivity index (χ4n) is 4.17. The zero-order chi connectivity index (χ0) is 25.5. The van der Waals surface area contributed by atoms with Crippen LogP contribution in [0.25, 0.3) is 0 Å². The van der Waals surface area contributed by atoms with Gasteiger partial charge in [-0.15, -0.1) is 0 Å². The molecule has 0 aromatic heterocycles. The summed E-state index contributed by atoms with van der Waals surface area (Å²) in [4.78, 5) is 27.3. The number of carbonyl (C=O) groups excluding carboxylic acids is 2. The standard InChI is InChI=1S/C29H31NO6/c1-20(2)36-27(28(32)30-24(19-35-29(30)33)16-21-10-5-3-6-11-21)26(31)23-14-9-15-25(17-23)34-18-22-12-7-4-8-13-22/h3-15,17,20,24,26-27,31H,16,18-19H2,1-2H3. The van der Waals surface area contributed by atoms with E-state index in [4.69, 9.17) is 14.2 Å². The van der Waals surface area contributed by atoms with Gasteiger partial charge < -0.3 is 19.3 Å². The Morgan fingerprint density at radius 3 is 2.33 bits per heavy atom. The van der Waals surface area contributed by atoms with E-state index in [1.54, 1.807) is 38.1 Å². The zero-order valence-corrected chi connectivity index (χ0v) is 20.4. The maximum atomic E-state index is 13.6. The van der Waals surface area contributed by atoms with Crippen LogP contribution in [0.15, 0.2) is 84.9 Å². The number of nitrogens with zero attached hydrogens (tertiary/aromatic N) is 1. The summed E-state index contributed by atoms with van der Waals surface area (Å²) in [6.07, 6.45) is -3.25. The van der Waals surface area contributed by atoms with E-state index in [1.807, 2.05) is 60.7 Å². The molecule has 3 atom stereocenters. The summed E-state index contributed by atoms with van der Waals surface area (Å²) in [5, 5.41) is 11.3. The van der Waals surface area contributed by atoms with Crippen molar-refractivity contribution in [3.8, 4) is 5.75 Å². The second-order valence-electron chi connectivity index (χ2n) is 9.03. The van der Waals surface area contributed by atoms with Crippen molar-refractivity contribution in [1.29, 1.82) is 0 Å². The number of amides is 2. The van der Waals surface area contributed by atoms with Gasteiger partial charge in [-0.25, -0.2) is 9.69 Å². The second-order valence-corrected chi connectivity index (χ2v) is 9.03. The maximum Gasteiger partial charge on any atom is 0.417 e. The van der Waals surface area contributed by atoms with Gasteiger partial charge in [-0.1, -0.05) is 72.8 Å². The molecule has 1 heterocycles. The smallest absolute Gasteiger partial charge is 0.417 e. The Balaban J connectivity index is 1.52. The summed E-state index contributed by atoms with van der Waals surface area (Å²) < 4.78 is 17.0. The van der Waals surface area contributed by atoms with Gasteiger partial charge in [0.2, 0.25) is 0 Å². The minimum Gasteiger partial charge on any atom is -0.489 e. The van der Waals surface area contributed by atoms with E-state index in [0.29, 0.717) is 24.3 Å². The number of imide groups is 1. The third kappa shape index (κ3) is 6.30. The molecule has 7 nitrogen and oxygen atoms in total. The zero-order valence-electron chi connectivity index (χ0n) is 20.4. The lowest BCUT2D eigenvalue weighted by atomic mass is 10.0. The molecular formula is C29H31NO6. The van der Waals surface area contributed by atoms with Crippen LogP contribution in [0, 0.1) is 0 Å². The Hall–Kier alpha value is -3.68. The number of aliphatic hydroxyl groups excluding tert-OH is 1. The lowest BCUT2D eigenvalue weighted by molar-refractivity contribution is -0.154. The van der Waals surface area contributed by atoms with E-state index >= 15 is 0 Å². The van der Waals surface area contributed by atoms with Crippen molar-refractivity contribution in [3.63, 3.8) is 0 Å². The maximum absolute atomic E-state index is 13.6. The molecule has 1 saturated heterocycles. The second kappa shape index (κ2) is 11.8. The van der Waals surface area contributed by atoms with Crippen molar-refractivity contribution in [3.05, 3.63) is 102 Å². The van der Waals surface area contributed by atoms with Gasteiger partial charge >= 0.3 is 6.09 Å². The van der Waals surface area contributed by atoms with Gasteiger partial charge in [-0.05, 0) is 49.1 Å². The predicted molar refractivity (Wildman–Crippen MR) is 134 cm³/mol. The molecule has 2 amide bonds. The summed E-state index contributed by atoms with van der Waals surface area (Å²) in [5.41, 5.74) is 2.44. The molecule has 7 heteroatoms. The minimum atomic E-state index is -1.31. The largest absolute Gasteiger partial charge is 0.489 e. The Bertz CT molecular complexity index is 1150. The number of hydrogen-bond acceptors (Lipinski definition) is 6. The number of benzene rings is 3. The van der Waals surface area contributed by atoms with Crippen molar-refractivity contribution < 1.29 is 28.9 Å². The number of carbonyl (C=O) groups is 2. The molecule has 3 aromatic rings. The Labute approximate surface area is 211 Å². The van der Waals surface area contributed by atoms with Crippen molar-refractivity contribution in [2.45, 2.75) is 51.2 Å². The number of rotatable bonds is 10. The molecule has 1 N–H and O–H groups in total. The quantitative estimate of drug-likeness (QED) is 0.445. The third-order valence-corrected chi connectivity index (χ3v) is 5.91. The summed E-state index contributed by atoms with van der Waals surface area (Å²) in [5.74, 6) is -0.0797. The molecule has 4 rings (SSSR count). The highest BCUT2D eigenvalue weighted by molar-refractivity contribution is 5.96. The van der Waals surface area contributed by atoms with Gasteiger partial charge in [0.25, 0.3) is 5.91 Å². The predicted octanol–water partition coefficient (Wildman–Crippen LogP) is 4.68. The van der Waals surface area contributed by atoms with E-state index in [9.17, 15) is 14.7 Å². The average molecular weight is 490 g/mol. The van der Waals surface area contributed by atoms with E-state index in [1.165, 1.54) is 0 Å². The van der Waals surface area contributed by atoms with Crippen LogP contribution in [-0.4, -0.2) is 46.9 Å². The van der Waals surface area contributed by atoms with Crippen LogP contribution >= 0.6 is 0 Å². The number of hydrogen-bond donors (Lipinski definition) is 1. The molecule has 3 aromatic carbocycles. The average Bonchev–Trinajstić information content (AvgIpc) is 3.26. The lowest BCUT2D eigenvalue weighted by Gasteiger charge is -2.29. The molecule has 1 aliphatic rings.